The highest BCUT2D eigenvalue weighted by Crippen LogP contribution is 2.15. The molecular formula is C27H31NO2. The zero-order valence-corrected chi connectivity index (χ0v) is 17.9. The zero-order valence-electron chi connectivity index (χ0n) is 17.9. The van der Waals surface area contributed by atoms with E-state index in [4.69, 9.17) is 4.74 Å². The van der Waals surface area contributed by atoms with Crippen LogP contribution < -0.4 is 10.1 Å². The topological polar surface area (TPSA) is 38.3 Å². The van der Waals surface area contributed by atoms with Crippen LogP contribution in [0.25, 0.3) is 0 Å². The molecule has 0 bridgehead atoms. The van der Waals surface area contributed by atoms with Crippen molar-refractivity contribution in [2.24, 2.45) is 0 Å². The normalized spacial score (nSPS) is 10.8. The van der Waals surface area contributed by atoms with Crippen molar-refractivity contribution in [2.45, 2.75) is 45.6 Å². The Morgan fingerprint density at radius 3 is 2.20 bits per heavy atom. The lowest BCUT2D eigenvalue weighted by Gasteiger charge is -2.11. The van der Waals surface area contributed by atoms with Crippen LogP contribution in [0.4, 0.5) is 0 Å². The highest BCUT2D eigenvalue weighted by molar-refractivity contribution is 5.95. The van der Waals surface area contributed by atoms with E-state index in [0.29, 0.717) is 6.54 Å². The van der Waals surface area contributed by atoms with Gasteiger partial charge in [0.1, 0.15) is 5.75 Å². The fraction of sp³-hybridized carbons (Fsp3) is 0.296. The first kappa shape index (κ1) is 21.6. The fourth-order valence-corrected chi connectivity index (χ4v) is 3.48. The van der Waals surface area contributed by atoms with Crippen molar-refractivity contribution in [3.63, 3.8) is 0 Å². The number of hydrogen-bond acceptors (Lipinski definition) is 2. The Bertz CT molecular complexity index is 917. The molecule has 0 aromatic heterocycles. The smallest absolute Gasteiger partial charge is 0.251 e. The average molecular weight is 402 g/mol. The molecule has 0 spiro atoms. The molecule has 0 radical (unpaired) electrons. The molecule has 0 fully saturated rings. The number of benzene rings is 3. The zero-order chi connectivity index (χ0) is 21.2. The van der Waals surface area contributed by atoms with Crippen LogP contribution in [0.3, 0.4) is 0 Å². The van der Waals surface area contributed by atoms with Crippen molar-refractivity contribution in [2.75, 3.05) is 6.54 Å². The van der Waals surface area contributed by atoms with Gasteiger partial charge in [0.2, 0.25) is 0 Å². The largest absolute Gasteiger partial charge is 0.491 e. The highest BCUT2D eigenvalue weighted by atomic mass is 16.5. The standard InChI is InChI=1S/C27H31NO2/c1-21(2)30-25-18-15-23(16-19-25)11-8-20-28-27(29)26-13-7-6-12-24(26)17-14-22-9-4-3-5-10-22/h3-7,9-10,12-13,15-16,18-19,21H,8,11,14,17,20H2,1-2H3,(H,28,29). The monoisotopic (exact) mass is 401 g/mol. The number of ether oxygens (including phenoxy) is 1. The molecule has 0 atom stereocenters. The molecule has 1 N–H and O–H groups in total. The number of aryl methyl sites for hydroxylation is 3. The summed E-state index contributed by atoms with van der Waals surface area (Å²) in [7, 11) is 0. The molecule has 3 aromatic rings. The van der Waals surface area contributed by atoms with E-state index in [1.165, 1.54) is 11.1 Å². The second-order valence-electron chi connectivity index (χ2n) is 7.81. The molecule has 0 saturated carbocycles. The number of rotatable bonds is 10. The Morgan fingerprint density at radius 2 is 1.47 bits per heavy atom. The molecule has 0 aliphatic heterocycles. The van der Waals surface area contributed by atoms with Crippen LogP contribution in [-0.2, 0) is 19.3 Å². The molecule has 156 valence electrons. The Morgan fingerprint density at radius 1 is 0.800 bits per heavy atom. The van der Waals surface area contributed by atoms with E-state index in [1.54, 1.807) is 0 Å². The number of carbonyl (C=O) groups excluding carboxylic acids is 1. The highest BCUT2D eigenvalue weighted by Gasteiger charge is 2.10. The fourth-order valence-electron chi connectivity index (χ4n) is 3.48. The van der Waals surface area contributed by atoms with Crippen LogP contribution in [0.5, 0.6) is 5.75 Å². The lowest BCUT2D eigenvalue weighted by atomic mass is 9.99. The first-order valence-corrected chi connectivity index (χ1v) is 10.8. The van der Waals surface area contributed by atoms with Crippen LogP contribution >= 0.6 is 0 Å². The van der Waals surface area contributed by atoms with Gasteiger partial charge in [-0.05, 0) is 74.4 Å². The molecule has 3 nitrogen and oxygen atoms in total. The third-order valence-electron chi connectivity index (χ3n) is 5.01. The molecule has 3 aromatic carbocycles. The summed E-state index contributed by atoms with van der Waals surface area (Å²) >= 11 is 0. The summed E-state index contributed by atoms with van der Waals surface area (Å²) in [4.78, 5) is 12.7. The summed E-state index contributed by atoms with van der Waals surface area (Å²) in [5.41, 5.74) is 4.42. The third-order valence-corrected chi connectivity index (χ3v) is 5.01. The van der Waals surface area contributed by atoms with Crippen molar-refractivity contribution >= 4 is 5.91 Å². The number of carbonyl (C=O) groups is 1. The molecule has 0 saturated heterocycles. The van der Waals surface area contributed by atoms with Crippen LogP contribution in [0, 0.1) is 0 Å². The summed E-state index contributed by atoms with van der Waals surface area (Å²) < 4.78 is 5.68. The molecule has 0 heterocycles. The molecular weight excluding hydrogens is 370 g/mol. The summed E-state index contributed by atoms with van der Waals surface area (Å²) in [5, 5.41) is 3.08. The molecule has 3 heteroatoms. The predicted molar refractivity (Wildman–Crippen MR) is 123 cm³/mol. The minimum atomic E-state index is 0.0133. The van der Waals surface area contributed by atoms with Gasteiger partial charge >= 0.3 is 0 Å². The summed E-state index contributed by atoms with van der Waals surface area (Å²) in [6, 6.07) is 26.5. The summed E-state index contributed by atoms with van der Waals surface area (Å²) in [6.07, 6.45) is 3.81. The van der Waals surface area contributed by atoms with E-state index in [1.807, 2.05) is 50.2 Å². The van der Waals surface area contributed by atoms with Crippen LogP contribution in [-0.4, -0.2) is 18.6 Å². The Labute approximate surface area is 180 Å². The summed E-state index contributed by atoms with van der Waals surface area (Å²) in [5.74, 6) is 0.911. The predicted octanol–water partition coefficient (Wildman–Crippen LogP) is 5.62. The Hall–Kier alpha value is -3.07. The van der Waals surface area contributed by atoms with Crippen LogP contribution in [0.15, 0.2) is 78.9 Å². The van der Waals surface area contributed by atoms with Gasteiger partial charge < -0.3 is 10.1 Å². The van der Waals surface area contributed by atoms with Crippen molar-refractivity contribution in [1.29, 1.82) is 0 Å². The average Bonchev–Trinajstić information content (AvgIpc) is 2.77. The quantitative estimate of drug-likeness (QED) is 0.448. The molecule has 0 unspecified atom stereocenters. The van der Waals surface area contributed by atoms with E-state index >= 15 is 0 Å². The van der Waals surface area contributed by atoms with Crippen LogP contribution in [0.1, 0.15) is 47.3 Å². The lowest BCUT2D eigenvalue weighted by molar-refractivity contribution is 0.0952. The van der Waals surface area contributed by atoms with Gasteiger partial charge in [-0.15, -0.1) is 0 Å². The van der Waals surface area contributed by atoms with Gasteiger partial charge in [0, 0.05) is 12.1 Å². The van der Waals surface area contributed by atoms with Crippen molar-refractivity contribution in [1.82, 2.24) is 5.32 Å². The van der Waals surface area contributed by atoms with Gasteiger partial charge in [0.05, 0.1) is 6.10 Å². The van der Waals surface area contributed by atoms with Gasteiger partial charge in [0.25, 0.3) is 5.91 Å². The molecule has 0 aliphatic rings. The maximum absolute atomic E-state index is 12.7. The second kappa shape index (κ2) is 11.2. The summed E-state index contributed by atoms with van der Waals surface area (Å²) in [6.45, 7) is 4.71. The first-order chi connectivity index (χ1) is 14.6. The number of amides is 1. The first-order valence-electron chi connectivity index (χ1n) is 10.8. The molecule has 30 heavy (non-hydrogen) atoms. The molecule has 1 amide bonds. The van der Waals surface area contributed by atoms with E-state index in [2.05, 4.69) is 47.8 Å². The van der Waals surface area contributed by atoms with Crippen molar-refractivity contribution in [3.8, 4) is 5.75 Å². The van der Waals surface area contributed by atoms with Crippen LogP contribution in [0.2, 0.25) is 0 Å². The van der Waals surface area contributed by atoms with E-state index < -0.39 is 0 Å². The van der Waals surface area contributed by atoms with Gasteiger partial charge in [-0.2, -0.15) is 0 Å². The maximum atomic E-state index is 12.7. The van der Waals surface area contributed by atoms with E-state index in [0.717, 1.165) is 42.6 Å². The van der Waals surface area contributed by atoms with E-state index in [-0.39, 0.29) is 12.0 Å². The molecule has 3 rings (SSSR count). The van der Waals surface area contributed by atoms with Gasteiger partial charge in [-0.25, -0.2) is 0 Å². The van der Waals surface area contributed by atoms with Gasteiger partial charge in [-0.1, -0.05) is 60.7 Å². The number of hydrogen-bond donors (Lipinski definition) is 1. The van der Waals surface area contributed by atoms with Crippen molar-refractivity contribution < 1.29 is 9.53 Å². The Kier molecular flexibility index (Phi) is 8.08. The SMILES string of the molecule is CC(C)Oc1ccc(CCCNC(=O)c2ccccc2CCc2ccccc2)cc1. The molecule has 0 aliphatic carbocycles. The third kappa shape index (κ3) is 6.77. The minimum absolute atomic E-state index is 0.0133. The van der Waals surface area contributed by atoms with E-state index in [9.17, 15) is 4.79 Å². The van der Waals surface area contributed by atoms with Gasteiger partial charge in [-0.3, -0.25) is 4.79 Å². The second-order valence-corrected chi connectivity index (χ2v) is 7.81. The Balaban J connectivity index is 1.47. The maximum Gasteiger partial charge on any atom is 0.251 e. The minimum Gasteiger partial charge on any atom is -0.491 e. The number of nitrogens with one attached hydrogen (secondary N) is 1. The van der Waals surface area contributed by atoms with Gasteiger partial charge in [0.15, 0.2) is 0 Å². The van der Waals surface area contributed by atoms with Crippen molar-refractivity contribution in [3.05, 3.63) is 101 Å². The lowest BCUT2D eigenvalue weighted by Crippen LogP contribution is -2.26.